The minimum absolute atomic E-state index is 0.440. The normalized spacial score (nSPS) is 11.3. The number of nitrogens with zero attached hydrogens (tertiary/aromatic N) is 2. The molecule has 0 unspecified atom stereocenters. The maximum absolute atomic E-state index is 5.21. The van der Waals surface area contributed by atoms with Gasteiger partial charge in [-0.25, -0.2) is 4.98 Å². The van der Waals surface area contributed by atoms with E-state index in [9.17, 15) is 0 Å². The molecule has 0 fully saturated rings. The average molecular weight is 315 g/mol. The van der Waals surface area contributed by atoms with Crippen LogP contribution in [0, 0.1) is 0 Å². The minimum atomic E-state index is 0.440. The molecule has 5 nitrogen and oxygen atoms in total. The maximum Gasteiger partial charge on any atom is 0.185 e. The zero-order chi connectivity index (χ0) is 15.7. The summed E-state index contributed by atoms with van der Waals surface area (Å²) in [5.74, 6) is 0.440. The third-order valence-electron chi connectivity index (χ3n) is 3.20. The average Bonchev–Trinajstić information content (AvgIpc) is 2.89. The maximum atomic E-state index is 5.21. The Morgan fingerprint density at radius 3 is 2.29 bits per heavy atom. The first-order valence-corrected chi connectivity index (χ1v) is 8.38. The van der Waals surface area contributed by atoms with Crippen LogP contribution >= 0.6 is 11.3 Å². The molecule has 1 aromatic heterocycles. The third kappa shape index (κ3) is 5.90. The van der Waals surface area contributed by atoms with E-state index in [1.54, 1.807) is 25.6 Å². The molecule has 0 radical (unpaired) electrons. The highest BCUT2D eigenvalue weighted by Crippen LogP contribution is 2.30. The lowest BCUT2D eigenvalue weighted by atomic mass is 10.1. The van der Waals surface area contributed by atoms with Crippen molar-refractivity contribution >= 4 is 16.5 Å². The highest BCUT2D eigenvalue weighted by molar-refractivity contribution is 7.15. The van der Waals surface area contributed by atoms with Crippen LogP contribution in [0.3, 0.4) is 0 Å². The summed E-state index contributed by atoms with van der Waals surface area (Å²) < 4.78 is 10.4. The van der Waals surface area contributed by atoms with Gasteiger partial charge < -0.3 is 19.7 Å². The van der Waals surface area contributed by atoms with Gasteiger partial charge in [-0.05, 0) is 12.5 Å². The Labute approximate surface area is 132 Å². The smallest absolute Gasteiger partial charge is 0.185 e. The van der Waals surface area contributed by atoms with Crippen molar-refractivity contribution in [3.8, 4) is 0 Å². The SMILES string of the molecule is CCNCc1sc(N(CCOC)CCOC)nc1C(C)C. The van der Waals surface area contributed by atoms with Crippen LogP contribution in [0.4, 0.5) is 5.13 Å². The molecule has 1 heterocycles. The van der Waals surface area contributed by atoms with E-state index < -0.39 is 0 Å². The zero-order valence-corrected chi connectivity index (χ0v) is 14.8. The number of thiazole rings is 1. The van der Waals surface area contributed by atoms with Crippen molar-refractivity contribution < 1.29 is 9.47 Å². The molecule has 1 aromatic rings. The van der Waals surface area contributed by atoms with Gasteiger partial charge in [-0.3, -0.25) is 0 Å². The molecule has 0 saturated heterocycles. The number of methoxy groups -OCH3 is 2. The highest BCUT2D eigenvalue weighted by atomic mass is 32.1. The predicted molar refractivity (Wildman–Crippen MR) is 89.5 cm³/mol. The summed E-state index contributed by atoms with van der Waals surface area (Å²) in [5, 5.41) is 4.47. The van der Waals surface area contributed by atoms with Gasteiger partial charge >= 0.3 is 0 Å². The van der Waals surface area contributed by atoms with E-state index in [0.29, 0.717) is 19.1 Å². The number of nitrogens with one attached hydrogen (secondary N) is 1. The Bertz CT molecular complexity index is 388. The van der Waals surface area contributed by atoms with Crippen LogP contribution in [-0.2, 0) is 16.0 Å². The zero-order valence-electron chi connectivity index (χ0n) is 13.9. The lowest BCUT2D eigenvalue weighted by Gasteiger charge is -2.20. The standard InChI is InChI=1S/C15H29N3O2S/c1-6-16-11-13-14(12(2)3)17-15(21-13)18(7-9-19-4)8-10-20-5/h12,16H,6-11H2,1-5H3. The van der Waals surface area contributed by atoms with Gasteiger partial charge in [0.05, 0.1) is 18.9 Å². The Balaban J connectivity index is 2.89. The van der Waals surface area contributed by atoms with E-state index in [2.05, 4.69) is 31.0 Å². The van der Waals surface area contributed by atoms with E-state index in [4.69, 9.17) is 14.5 Å². The molecule has 122 valence electrons. The second kappa shape index (κ2) is 10.1. The number of rotatable bonds is 11. The number of aromatic nitrogens is 1. The van der Waals surface area contributed by atoms with Crippen LogP contribution in [0.5, 0.6) is 0 Å². The fourth-order valence-electron chi connectivity index (χ4n) is 2.01. The number of ether oxygens (including phenoxy) is 2. The first-order chi connectivity index (χ1) is 10.1. The lowest BCUT2D eigenvalue weighted by molar-refractivity contribution is 0.190. The van der Waals surface area contributed by atoms with Gasteiger partial charge in [0.15, 0.2) is 5.13 Å². The summed E-state index contributed by atoms with van der Waals surface area (Å²) >= 11 is 1.78. The minimum Gasteiger partial charge on any atom is -0.383 e. The molecule has 21 heavy (non-hydrogen) atoms. The van der Waals surface area contributed by atoms with Gasteiger partial charge in [-0.15, -0.1) is 11.3 Å². The van der Waals surface area contributed by atoms with E-state index in [1.165, 1.54) is 10.6 Å². The number of anilines is 1. The first-order valence-electron chi connectivity index (χ1n) is 7.57. The molecule has 0 saturated carbocycles. The molecule has 0 spiro atoms. The Kier molecular flexibility index (Phi) is 8.84. The Morgan fingerprint density at radius 1 is 1.19 bits per heavy atom. The van der Waals surface area contributed by atoms with Crippen LogP contribution in [0.1, 0.15) is 37.3 Å². The number of hydrogen-bond acceptors (Lipinski definition) is 6. The van der Waals surface area contributed by atoms with Crippen molar-refractivity contribution in [2.75, 3.05) is 52.0 Å². The molecule has 0 amide bonds. The first kappa shape index (κ1) is 18.4. The molecule has 0 atom stereocenters. The van der Waals surface area contributed by atoms with Crippen molar-refractivity contribution in [1.29, 1.82) is 0 Å². The summed E-state index contributed by atoms with van der Waals surface area (Å²) in [4.78, 5) is 8.45. The fraction of sp³-hybridized carbons (Fsp3) is 0.800. The molecule has 6 heteroatoms. The molecule has 0 bridgehead atoms. The van der Waals surface area contributed by atoms with Crippen molar-refractivity contribution in [3.63, 3.8) is 0 Å². The predicted octanol–water partition coefficient (Wildman–Crippen LogP) is 2.48. The van der Waals surface area contributed by atoms with E-state index >= 15 is 0 Å². The summed E-state index contributed by atoms with van der Waals surface area (Å²) in [6.45, 7) is 11.5. The van der Waals surface area contributed by atoms with E-state index in [-0.39, 0.29) is 0 Å². The summed E-state index contributed by atoms with van der Waals surface area (Å²) in [7, 11) is 3.46. The quantitative estimate of drug-likeness (QED) is 0.680. The van der Waals surface area contributed by atoms with Crippen LogP contribution in [0.15, 0.2) is 0 Å². The van der Waals surface area contributed by atoms with Crippen molar-refractivity contribution in [2.24, 2.45) is 0 Å². The van der Waals surface area contributed by atoms with Crippen molar-refractivity contribution in [3.05, 3.63) is 10.6 Å². The topological polar surface area (TPSA) is 46.6 Å². The van der Waals surface area contributed by atoms with Crippen LogP contribution in [0.25, 0.3) is 0 Å². The van der Waals surface area contributed by atoms with Gasteiger partial charge in [-0.1, -0.05) is 20.8 Å². The highest BCUT2D eigenvalue weighted by Gasteiger charge is 2.17. The molecule has 0 aliphatic heterocycles. The molecule has 1 rings (SSSR count). The lowest BCUT2D eigenvalue weighted by Crippen LogP contribution is -2.30. The van der Waals surface area contributed by atoms with Crippen LogP contribution in [0.2, 0.25) is 0 Å². The Morgan fingerprint density at radius 2 is 1.81 bits per heavy atom. The second-order valence-corrected chi connectivity index (χ2v) is 6.27. The molecule has 0 aliphatic rings. The summed E-state index contributed by atoms with van der Waals surface area (Å²) in [6, 6.07) is 0. The van der Waals surface area contributed by atoms with Crippen LogP contribution < -0.4 is 10.2 Å². The molecule has 0 aliphatic carbocycles. The second-order valence-electron chi connectivity index (χ2n) is 5.21. The monoisotopic (exact) mass is 315 g/mol. The third-order valence-corrected chi connectivity index (χ3v) is 4.33. The van der Waals surface area contributed by atoms with E-state index in [0.717, 1.165) is 31.3 Å². The van der Waals surface area contributed by atoms with Crippen molar-refractivity contribution in [1.82, 2.24) is 10.3 Å². The Hall–Kier alpha value is -0.690. The summed E-state index contributed by atoms with van der Waals surface area (Å²) in [6.07, 6.45) is 0. The van der Waals surface area contributed by atoms with Gasteiger partial charge in [0.2, 0.25) is 0 Å². The van der Waals surface area contributed by atoms with E-state index in [1.807, 2.05) is 0 Å². The summed E-state index contributed by atoms with van der Waals surface area (Å²) in [5.41, 5.74) is 1.20. The molecule has 1 N–H and O–H groups in total. The van der Waals surface area contributed by atoms with Gasteiger partial charge in [0.1, 0.15) is 0 Å². The largest absolute Gasteiger partial charge is 0.383 e. The molecule has 0 aromatic carbocycles. The van der Waals surface area contributed by atoms with Gasteiger partial charge in [0.25, 0.3) is 0 Å². The van der Waals surface area contributed by atoms with Crippen molar-refractivity contribution in [2.45, 2.75) is 33.2 Å². The molecular formula is C15H29N3O2S. The van der Waals surface area contributed by atoms with Crippen LogP contribution in [-0.4, -0.2) is 52.1 Å². The molecular weight excluding hydrogens is 286 g/mol. The fourth-order valence-corrected chi connectivity index (χ4v) is 3.24. The van der Waals surface area contributed by atoms with Gasteiger partial charge in [-0.2, -0.15) is 0 Å². The number of hydrogen-bond donors (Lipinski definition) is 1. The van der Waals surface area contributed by atoms with Gasteiger partial charge in [0, 0.05) is 38.7 Å².